The summed E-state index contributed by atoms with van der Waals surface area (Å²) in [4.78, 5) is 44.0. The van der Waals surface area contributed by atoms with Crippen molar-refractivity contribution in [2.24, 2.45) is 0 Å². The molecule has 7 nitrogen and oxygen atoms in total. The second-order valence-corrected chi connectivity index (χ2v) is 7.87. The lowest BCUT2D eigenvalue weighted by molar-refractivity contribution is -0.148. The summed E-state index contributed by atoms with van der Waals surface area (Å²) in [5, 5.41) is 13.6. The van der Waals surface area contributed by atoms with Crippen LogP contribution in [0.4, 0.5) is 0 Å². The van der Waals surface area contributed by atoms with Gasteiger partial charge in [0.05, 0.1) is 11.7 Å². The van der Waals surface area contributed by atoms with Crippen LogP contribution in [0.25, 0.3) is 20.7 Å². The van der Waals surface area contributed by atoms with Crippen molar-refractivity contribution in [2.75, 3.05) is 6.54 Å². The zero-order chi connectivity index (χ0) is 18.3. The molecule has 134 valence electrons. The van der Waals surface area contributed by atoms with Crippen LogP contribution >= 0.6 is 22.7 Å². The second kappa shape index (κ2) is 6.65. The number of hydrogen-bond donors (Lipinski definition) is 1. The van der Waals surface area contributed by atoms with Gasteiger partial charge < -0.3 is 10.0 Å². The number of carboxylic acids is 1. The Bertz CT molecular complexity index is 1040. The first-order valence-corrected chi connectivity index (χ1v) is 9.85. The highest BCUT2D eigenvalue weighted by atomic mass is 32.1. The van der Waals surface area contributed by atoms with E-state index in [0.717, 1.165) is 10.4 Å². The third-order valence-corrected chi connectivity index (χ3v) is 6.30. The average molecular weight is 389 g/mol. The Morgan fingerprint density at radius 3 is 2.92 bits per heavy atom. The van der Waals surface area contributed by atoms with Gasteiger partial charge in [-0.15, -0.1) is 22.7 Å². The van der Waals surface area contributed by atoms with Crippen LogP contribution in [0.15, 0.2) is 34.0 Å². The third-order valence-electron chi connectivity index (χ3n) is 4.51. The number of likely N-dealkylation sites (tertiary alicyclic amines) is 1. The minimum Gasteiger partial charge on any atom is -0.480 e. The highest BCUT2D eigenvalue weighted by molar-refractivity contribution is 7.18. The molecule has 0 spiro atoms. The first kappa shape index (κ1) is 16.9. The molecule has 1 amide bonds. The summed E-state index contributed by atoms with van der Waals surface area (Å²) < 4.78 is 1.27. The Hall–Kier alpha value is -2.52. The molecule has 1 atom stereocenters. The summed E-state index contributed by atoms with van der Waals surface area (Å²) in [6, 6.07) is 3.05. The van der Waals surface area contributed by atoms with Gasteiger partial charge in [0.25, 0.3) is 5.56 Å². The number of hydrogen-bond acceptors (Lipinski definition) is 6. The molecule has 3 aromatic rings. The third kappa shape index (κ3) is 2.82. The summed E-state index contributed by atoms with van der Waals surface area (Å²) in [7, 11) is 0. The van der Waals surface area contributed by atoms with Gasteiger partial charge >= 0.3 is 5.97 Å². The highest BCUT2D eigenvalue weighted by Crippen LogP contribution is 2.33. The maximum Gasteiger partial charge on any atom is 0.326 e. The maximum absolute atomic E-state index is 12.9. The normalized spacial score (nSPS) is 17.1. The summed E-state index contributed by atoms with van der Waals surface area (Å²) in [6.45, 7) is 0.199. The minimum atomic E-state index is -1.01. The maximum atomic E-state index is 12.9. The van der Waals surface area contributed by atoms with E-state index in [1.807, 2.05) is 22.9 Å². The number of rotatable bonds is 4. The fourth-order valence-corrected chi connectivity index (χ4v) is 4.97. The fourth-order valence-electron chi connectivity index (χ4n) is 3.25. The number of fused-ring (bicyclic) bond motifs is 1. The lowest BCUT2D eigenvalue weighted by Crippen LogP contribution is -2.43. The zero-order valence-electron chi connectivity index (χ0n) is 13.6. The lowest BCUT2D eigenvalue weighted by Gasteiger charge is -2.21. The van der Waals surface area contributed by atoms with E-state index >= 15 is 0 Å². The van der Waals surface area contributed by atoms with Gasteiger partial charge in [0.2, 0.25) is 5.91 Å². The molecule has 0 aromatic carbocycles. The van der Waals surface area contributed by atoms with Gasteiger partial charge in [0, 0.05) is 22.4 Å². The number of amides is 1. The summed E-state index contributed by atoms with van der Waals surface area (Å²) in [5.74, 6) is -1.37. The monoisotopic (exact) mass is 389 g/mol. The molecule has 1 aliphatic heterocycles. The molecule has 0 unspecified atom stereocenters. The number of carbonyl (C=O) groups excluding carboxylic acids is 1. The molecule has 1 aliphatic rings. The van der Waals surface area contributed by atoms with Crippen molar-refractivity contribution in [3.63, 3.8) is 0 Å². The van der Waals surface area contributed by atoms with Gasteiger partial charge in [0.1, 0.15) is 17.4 Å². The Balaban J connectivity index is 1.68. The standard InChI is InChI=1S/C17H15N3O4S2/c21-13(20-5-1-3-11(20)17(23)24)7-19-9-18-15-14(16(19)22)10(8-26-15)12-4-2-6-25-12/h2,4,6,8-9,11H,1,3,5,7H2,(H,23,24)/t11-/m1/s1. The Morgan fingerprint density at radius 1 is 1.35 bits per heavy atom. The van der Waals surface area contributed by atoms with Crippen molar-refractivity contribution in [1.29, 1.82) is 0 Å². The molecule has 1 saturated heterocycles. The number of aromatic nitrogens is 2. The molecule has 4 heterocycles. The van der Waals surface area contributed by atoms with Crippen LogP contribution < -0.4 is 5.56 Å². The van der Waals surface area contributed by atoms with E-state index in [4.69, 9.17) is 0 Å². The van der Waals surface area contributed by atoms with Crippen molar-refractivity contribution < 1.29 is 14.7 Å². The van der Waals surface area contributed by atoms with E-state index in [0.29, 0.717) is 29.6 Å². The molecule has 1 fully saturated rings. The molecule has 3 aromatic heterocycles. The molecule has 1 N–H and O–H groups in total. The second-order valence-electron chi connectivity index (χ2n) is 6.07. The average Bonchev–Trinajstić information content (AvgIpc) is 3.36. The van der Waals surface area contributed by atoms with E-state index in [-0.39, 0.29) is 18.0 Å². The number of carboxylic acid groups (broad SMARTS) is 1. The van der Waals surface area contributed by atoms with E-state index in [9.17, 15) is 19.5 Å². The van der Waals surface area contributed by atoms with Crippen LogP contribution in [0.1, 0.15) is 12.8 Å². The Morgan fingerprint density at radius 2 is 2.19 bits per heavy atom. The molecule has 4 rings (SSSR count). The summed E-state index contributed by atoms with van der Waals surface area (Å²) in [5.41, 5.74) is 0.544. The van der Waals surface area contributed by atoms with Crippen molar-refractivity contribution in [1.82, 2.24) is 14.5 Å². The van der Waals surface area contributed by atoms with Gasteiger partial charge in [-0.3, -0.25) is 14.2 Å². The van der Waals surface area contributed by atoms with Crippen molar-refractivity contribution in [2.45, 2.75) is 25.4 Å². The molecule has 26 heavy (non-hydrogen) atoms. The van der Waals surface area contributed by atoms with Gasteiger partial charge in [0.15, 0.2) is 0 Å². The van der Waals surface area contributed by atoms with E-state index in [2.05, 4.69) is 4.98 Å². The SMILES string of the molecule is O=C(O)[C@H]1CCCN1C(=O)Cn1cnc2scc(-c3cccs3)c2c1=O. The summed E-state index contributed by atoms with van der Waals surface area (Å²) >= 11 is 2.93. The molecule has 0 aliphatic carbocycles. The Labute approximate surface area is 156 Å². The molecule has 0 bridgehead atoms. The van der Waals surface area contributed by atoms with Crippen LogP contribution in [0.3, 0.4) is 0 Å². The topological polar surface area (TPSA) is 92.5 Å². The quantitative estimate of drug-likeness (QED) is 0.739. The van der Waals surface area contributed by atoms with Crippen LogP contribution in [0, 0.1) is 0 Å². The predicted molar refractivity (Wildman–Crippen MR) is 99.6 cm³/mol. The van der Waals surface area contributed by atoms with E-state index in [1.54, 1.807) is 0 Å². The predicted octanol–water partition coefficient (Wildman–Crippen LogP) is 2.26. The van der Waals surface area contributed by atoms with Crippen LogP contribution in [0.2, 0.25) is 0 Å². The van der Waals surface area contributed by atoms with Gasteiger partial charge in [-0.05, 0) is 24.3 Å². The highest BCUT2D eigenvalue weighted by Gasteiger charge is 2.34. The molecular formula is C17H15N3O4S2. The van der Waals surface area contributed by atoms with Crippen LogP contribution in [0.5, 0.6) is 0 Å². The molecule has 0 saturated carbocycles. The van der Waals surface area contributed by atoms with Crippen molar-refractivity contribution in [3.8, 4) is 10.4 Å². The Kier molecular flexibility index (Phi) is 4.33. The van der Waals surface area contributed by atoms with Crippen LogP contribution in [-0.2, 0) is 16.1 Å². The van der Waals surface area contributed by atoms with Crippen molar-refractivity contribution >= 4 is 44.8 Å². The lowest BCUT2D eigenvalue weighted by atomic mass is 10.2. The largest absolute Gasteiger partial charge is 0.480 e. The smallest absolute Gasteiger partial charge is 0.326 e. The molecule has 0 radical (unpaired) electrons. The fraction of sp³-hybridized carbons (Fsp3) is 0.294. The molecular weight excluding hydrogens is 374 g/mol. The number of nitrogens with zero attached hydrogens (tertiary/aromatic N) is 3. The van der Waals surface area contributed by atoms with Gasteiger partial charge in [-0.25, -0.2) is 9.78 Å². The van der Waals surface area contributed by atoms with Crippen molar-refractivity contribution in [3.05, 3.63) is 39.6 Å². The number of carbonyl (C=O) groups is 2. The first-order valence-electron chi connectivity index (χ1n) is 8.09. The minimum absolute atomic E-state index is 0.203. The van der Waals surface area contributed by atoms with E-state index in [1.165, 1.54) is 38.5 Å². The number of thiophene rings is 2. The van der Waals surface area contributed by atoms with Crippen LogP contribution in [-0.4, -0.2) is 44.0 Å². The number of aliphatic carboxylic acids is 1. The van der Waals surface area contributed by atoms with Gasteiger partial charge in [-0.2, -0.15) is 0 Å². The zero-order valence-corrected chi connectivity index (χ0v) is 15.3. The summed E-state index contributed by atoms with van der Waals surface area (Å²) in [6.07, 6.45) is 2.46. The first-order chi connectivity index (χ1) is 12.6. The van der Waals surface area contributed by atoms with E-state index < -0.39 is 12.0 Å². The molecule has 9 heteroatoms. The van der Waals surface area contributed by atoms with Gasteiger partial charge in [-0.1, -0.05) is 6.07 Å².